The summed E-state index contributed by atoms with van der Waals surface area (Å²) in [4.78, 5) is 16.2. The second-order valence-electron chi connectivity index (χ2n) is 4.49. The smallest absolute Gasteiger partial charge is 0.268 e. The van der Waals surface area contributed by atoms with Gasteiger partial charge in [0.15, 0.2) is 23.3 Å². The van der Waals surface area contributed by atoms with E-state index < -0.39 is 40.3 Å². The molecule has 1 N–H and O–H groups in total. The molecule has 0 saturated heterocycles. The van der Waals surface area contributed by atoms with Crippen LogP contribution < -0.4 is 5.48 Å². The maximum atomic E-state index is 13.2. The number of carbonyl (C=O) groups is 1. The summed E-state index contributed by atoms with van der Waals surface area (Å²) in [6.45, 7) is 4.78. The predicted molar refractivity (Wildman–Crippen MR) is 54.6 cm³/mol. The lowest BCUT2D eigenvalue weighted by Gasteiger charge is -2.19. The van der Waals surface area contributed by atoms with Crippen LogP contribution in [0.25, 0.3) is 0 Å². The molecule has 1 amide bonds. The van der Waals surface area contributed by atoms with E-state index in [4.69, 9.17) is 4.84 Å². The highest BCUT2D eigenvalue weighted by atomic mass is 19.2. The monoisotopic (exact) mass is 265 g/mol. The first-order valence-electron chi connectivity index (χ1n) is 4.95. The maximum Gasteiger partial charge on any atom is 0.278 e. The average Bonchev–Trinajstić information content (AvgIpc) is 2.27. The normalized spacial score (nSPS) is 11.5. The summed E-state index contributed by atoms with van der Waals surface area (Å²) in [6, 6.07) is 0.259. The fourth-order valence-electron chi connectivity index (χ4n) is 0.993. The van der Waals surface area contributed by atoms with Gasteiger partial charge in [0.1, 0.15) is 0 Å². The lowest BCUT2D eigenvalue weighted by Crippen LogP contribution is -2.34. The van der Waals surface area contributed by atoms with Crippen LogP contribution in [0.2, 0.25) is 0 Å². The number of rotatable bonds is 2. The summed E-state index contributed by atoms with van der Waals surface area (Å²) in [5, 5.41) is 0. The number of carbonyl (C=O) groups excluding carboxylic acids is 1. The van der Waals surface area contributed by atoms with Crippen LogP contribution in [0.4, 0.5) is 17.6 Å². The number of nitrogens with one attached hydrogen (secondary N) is 1. The molecule has 0 radical (unpaired) electrons. The fraction of sp³-hybridized carbons (Fsp3) is 0.364. The highest BCUT2D eigenvalue weighted by molar-refractivity contribution is 5.93. The van der Waals surface area contributed by atoms with E-state index in [0.29, 0.717) is 0 Å². The SMILES string of the molecule is CC(C)(C)ONC(=O)c1cc(F)c(F)c(F)c1F. The topological polar surface area (TPSA) is 38.3 Å². The second-order valence-corrected chi connectivity index (χ2v) is 4.49. The zero-order valence-corrected chi connectivity index (χ0v) is 9.91. The van der Waals surface area contributed by atoms with Crippen LogP contribution in [-0.2, 0) is 4.84 Å². The molecule has 3 nitrogen and oxygen atoms in total. The quantitative estimate of drug-likeness (QED) is 0.386. The van der Waals surface area contributed by atoms with Crippen LogP contribution >= 0.6 is 0 Å². The van der Waals surface area contributed by atoms with Gasteiger partial charge in [-0.3, -0.25) is 9.63 Å². The van der Waals surface area contributed by atoms with Crippen LogP contribution in [-0.4, -0.2) is 11.5 Å². The molecule has 0 aliphatic carbocycles. The summed E-state index contributed by atoms with van der Waals surface area (Å²) in [5.74, 6) is -8.66. The van der Waals surface area contributed by atoms with Crippen LogP contribution in [0.1, 0.15) is 31.1 Å². The molecule has 0 aliphatic heterocycles. The Morgan fingerprint density at radius 3 is 2.17 bits per heavy atom. The van der Waals surface area contributed by atoms with E-state index in [1.807, 2.05) is 5.48 Å². The Kier molecular flexibility index (Phi) is 3.95. The van der Waals surface area contributed by atoms with Gasteiger partial charge < -0.3 is 0 Å². The number of hydroxylamine groups is 1. The molecule has 0 heterocycles. The number of halogens is 4. The molecule has 0 bridgehead atoms. The molecule has 0 fully saturated rings. The van der Waals surface area contributed by atoms with Crippen molar-refractivity contribution in [2.45, 2.75) is 26.4 Å². The van der Waals surface area contributed by atoms with Crippen molar-refractivity contribution in [2.24, 2.45) is 0 Å². The third kappa shape index (κ3) is 3.19. The molecule has 7 heteroatoms. The van der Waals surface area contributed by atoms with Crippen molar-refractivity contribution in [2.75, 3.05) is 0 Å². The van der Waals surface area contributed by atoms with Crippen molar-refractivity contribution >= 4 is 5.91 Å². The lowest BCUT2D eigenvalue weighted by atomic mass is 10.2. The van der Waals surface area contributed by atoms with Gasteiger partial charge in [-0.2, -0.15) is 0 Å². The van der Waals surface area contributed by atoms with Gasteiger partial charge in [-0.05, 0) is 26.8 Å². The van der Waals surface area contributed by atoms with Gasteiger partial charge in [0, 0.05) is 0 Å². The van der Waals surface area contributed by atoms with E-state index in [1.165, 1.54) is 0 Å². The van der Waals surface area contributed by atoms with Crippen LogP contribution in [0.3, 0.4) is 0 Å². The van der Waals surface area contributed by atoms with Crippen molar-refractivity contribution in [3.63, 3.8) is 0 Å². The first kappa shape index (κ1) is 14.4. The first-order valence-corrected chi connectivity index (χ1v) is 4.95. The van der Waals surface area contributed by atoms with Gasteiger partial charge in [0.25, 0.3) is 5.91 Å². The zero-order valence-electron chi connectivity index (χ0n) is 9.91. The van der Waals surface area contributed by atoms with Crippen LogP contribution in [0, 0.1) is 23.3 Å². The molecule has 0 saturated carbocycles. The van der Waals surface area contributed by atoms with E-state index in [1.54, 1.807) is 20.8 Å². The minimum Gasteiger partial charge on any atom is -0.268 e. The van der Waals surface area contributed by atoms with Gasteiger partial charge >= 0.3 is 0 Å². The highest BCUT2D eigenvalue weighted by Crippen LogP contribution is 2.18. The second kappa shape index (κ2) is 4.93. The summed E-state index contributed by atoms with van der Waals surface area (Å²) >= 11 is 0. The van der Waals surface area contributed by atoms with Crippen molar-refractivity contribution in [1.82, 2.24) is 5.48 Å². The Bertz CT molecular complexity index is 483. The van der Waals surface area contributed by atoms with E-state index in [9.17, 15) is 22.4 Å². The summed E-state index contributed by atoms with van der Waals surface area (Å²) in [7, 11) is 0. The van der Waals surface area contributed by atoms with Crippen molar-refractivity contribution in [1.29, 1.82) is 0 Å². The van der Waals surface area contributed by atoms with Crippen LogP contribution in [0.5, 0.6) is 0 Å². The third-order valence-electron chi connectivity index (χ3n) is 1.80. The van der Waals surface area contributed by atoms with Crippen molar-refractivity contribution in [3.8, 4) is 0 Å². The number of benzene rings is 1. The molecule has 1 rings (SSSR count). The highest BCUT2D eigenvalue weighted by Gasteiger charge is 2.24. The molecule has 0 aliphatic rings. The Morgan fingerprint density at radius 2 is 1.67 bits per heavy atom. The Labute approximate surface area is 101 Å². The van der Waals surface area contributed by atoms with Crippen molar-refractivity contribution < 1.29 is 27.2 Å². The lowest BCUT2D eigenvalue weighted by molar-refractivity contribution is -0.0591. The molecular weight excluding hydrogens is 254 g/mol. The predicted octanol–water partition coefficient (Wildman–Crippen LogP) is 2.70. The molecule has 100 valence electrons. The van der Waals surface area contributed by atoms with Gasteiger partial charge in [-0.25, -0.2) is 23.0 Å². The number of hydrogen-bond acceptors (Lipinski definition) is 2. The van der Waals surface area contributed by atoms with Gasteiger partial charge in [0.05, 0.1) is 11.2 Å². The number of hydrogen-bond donors (Lipinski definition) is 1. The molecule has 0 aromatic heterocycles. The molecular formula is C11H11F4NO2. The third-order valence-corrected chi connectivity index (χ3v) is 1.80. The Morgan fingerprint density at radius 1 is 1.11 bits per heavy atom. The van der Waals surface area contributed by atoms with Gasteiger partial charge in [-0.1, -0.05) is 0 Å². The van der Waals surface area contributed by atoms with Gasteiger partial charge in [0.2, 0.25) is 0 Å². The molecule has 0 spiro atoms. The van der Waals surface area contributed by atoms with E-state index in [2.05, 4.69) is 0 Å². The van der Waals surface area contributed by atoms with Gasteiger partial charge in [-0.15, -0.1) is 0 Å². The summed E-state index contributed by atoms with van der Waals surface area (Å²) < 4.78 is 51.6. The largest absolute Gasteiger partial charge is 0.278 e. The summed E-state index contributed by atoms with van der Waals surface area (Å²) in [6.07, 6.45) is 0. The Balaban J connectivity index is 3.01. The van der Waals surface area contributed by atoms with E-state index in [0.717, 1.165) is 0 Å². The minimum atomic E-state index is -2.05. The molecule has 0 atom stereocenters. The summed E-state index contributed by atoms with van der Waals surface area (Å²) in [5.41, 5.74) is 0.0681. The van der Waals surface area contributed by atoms with Crippen molar-refractivity contribution in [3.05, 3.63) is 34.9 Å². The average molecular weight is 265 g/mol. The fourth-order valence-corrected chi connectivity index (χ4v) is 0.993. The zero-order chi connectivity index (χ0) is 14.1. The number of amides is 1. The molecule has 18 heavy (non-hydrogen) atoms. The molecule has 0 unspecified atom stereocenters. The van der Waals surface area contributed by atoms with Crippen LogP contribution in [0.15, 0.2) is 6.07 Å². The van der Waals surface area contributed by atoms with E-state index in [-0.39, 0.29) is 6.07 Å². The maximum absolute atomic E-state index is 13.2. The first-order chi connectivity index (χ1) is 8.13. The minimum absolute atomic E-state index is 0.259. The van der Waals surface area contributed by atoms with E-state index >= 15 is 0 Å². The standard InChI is InChI=1S/C11H11F4NO2/c1-11(2,3)18-16-10(17)5-4-6(12)8(14)9(15)7(5)13/h4H,1-3H3,(H,16,17). The molecule has 1 aromatic carbocycles. The Hall–Kier alpha value is -1.63. The molecule has 1 aromatic rings.